The summed E-state index contributed by atoms with van der Waals surface area (Å²) in [7, 11) is 2.04. The van der Waals surface area contributed by atoms with Crippen molar-refractivity contribution >= 4 is 17.6 Å². The summed E-state index contributed by atoms with van der Waals surface area (Å²) in [6.07, 6.45) is -5.25. The van der Waals surface area contributed by atoms with Crippen LogP contribution in [-0.4, -0.2) is 37.9 Å². The van der Waals surface area contributed by atoms with E-state index in [4.69, 9.17) is 4.74 Å². The van der Waals surface area contributed by atoms with E-state index in [1.54, 1.807) is 29.6 Å². The minimum Gasteiger partial charge on any atom is -0.496 e. The van der Waals surface area contributed by atoms with Gasteiger partial charge in [-0.25, -0.2) is 4.79 Å². The van der Waals surface area contributed by atoms with E-state index in [0.717, 1.165) is 7.11 Å². The van der Waals surface area contributed by atoms with E-state index in [9.17, 15) is 22.8 Å². The highest BCUT2D eigenvalue weighted by Gasteiger charge is 2.63. The number of benzene rings is 2. The maximum absolute atomic E-state index is 13.9. The average molecular weight is 397 g/mol. The lowest BCUT2D eigenvalue weighted by atomic mass is 10.1. The monoisotopic (exact) mass is 397 g/mol. The zero-order valence-corrected chi connectivity index (χ0v) is 15.0. The molecule has 3 N–H and O–H groups in total. The highest BCUT2D eigenvalue weighted by Crippen LogP contribution is 2.31. The van der Waals surface area contributed by atoms with Crippen molar-refractivity contribution in [2.24, 2.45) is 0 Å². The van der Waals surface area contributed by atoms with Gasteiger partial charge in [-0.2, -0.15) is 18.6 Å². The highest BCUT2D eigenvalue weighted by molar-refractivity contribution is 6.00. The molecule has 28 heavy (non-hydrogen) atoms. The first-order chi connectivity index (χ1) is 13.2. The summed E-state index contributed by atoms with van der Waals surface area (Å²) in [5.41, 5.74) is 0.610. The van der Waals surface area contributed by atoms with E-state index in [1.165, 1.54) is 37.4 Å². The lowest BCUT2D eigenvalue weighted by molar-refractivity contribution is -0.215. The molecular weight excluding hydrogens is 379 g/mol. The highest BCUT2D eigenvalue weighted by atomic mass is 19.4. The van der Waals surface area contributed by atoms with E-state index < -0.39 is 23.7 Å². The standard InChI is InChI=1S/C18H18F3N3O4/c1-27-14-11-7-6-10-13(14)15(25)22-17(16(26)28-2,18(19,20)21)24-23-12-8-4-3-5-9-12/h3-11,23-24H,1-2H3,(H,22,25)/t17-/m1/s1. The second kappa shape index (κ2) is 8.61. The van der Waals surface area contributed by atoms with Gasteiger partial charge in [0.15, 0.2) is 0 Å². The molecule has 2 rings (SSSR count). The van der Waals surface area contributed by atoms with Crippen LogP contribution in [0.4, 0.5) is 18.9 Å². The van der Waals surface area contributed by atoms with Crippen molar-refractivity contribution in [3.05, 3.63) is 60.2 Å². The fourth-order valence-corrected chi connectivity index (χ4v) is 2.30. The van der Waals surface area contributed by atoms with Crippen molar-refractivity contribution in [3.8, 4) is 5.75 Å². The van der Waals surface area contributed by atoms with Crippen molar-refractivity contribution in [1.82, 2.24) is 10.7 Å². The van der Waals surface area contributed by atoms with Crippen LogP contribution < -0.4 is 20.9 Å². The normalized spacial score (nSPS) is 13.2. The Bertz CT molecular complexity index is 830. The SMILES string of the molecule is COC(=O)[C@](NNc1ccccc1)(NC(=O)c1ccccc1OC)C(F)(F)F. The van der Waals surface area contributed by atoms with Crippen molar-refractivity contribution in [3.63, 3.8) is 0 Å². The molecule has 0 aromatic heterocycles. The van der Waals surface area contributed by atoms with Crippen molar-refractivity contribution in [2.75, 3.05) is 19.6 Å². The van der Waals surface area contributed by atoms with Gasteiger partial charge in [-0.05, 0) is 24.3 Å². The molecule has 0 spiro atoms. The van der Waals surface area contributed by atoms with Crippen molar-refractivity contribution in [2.45, 2.75) is 11.8 Å². The lowest BCUT2D eigenvalue weighted by Crippen LogP contribution is -2.73. The van der Waals surface area contributed by atoms with Gasteiger partial charge >= 0.3 is 17.8 Å². The molecule has 2 aromatic rings. The smallest absolute Gasteiger partial charge is 0.438 e. The Hall–Kier alpha value is -3.27. The number of carbonyl (C=O) groups is 2. The first-order valence-corrected chi connectivity index (χ1v) is 7.94. The summed E-state index contributed by atoms with van der Waals surface area (Å²) < 4.78 is 51.1. The van der Waals surface area contributed by atoms with Crippen LogP contribution in [0, 0.1) is 0 Å². The van der Waals surface area contributed by atoms with Crippen LogP contribution in [0.5, 0.6) is 5.75 Å². The second-order valence-corrected chi connectivity index (χ2v) is 5.51. The number of amides is 1. The Labute approximate surface area is 158 Å². The number of esters is 1. The van der Waals surface area contributed by atoms with Gasteiger partial charge < -0.3 is 20.2 Å². The number of ether oxygens (including phenoxy) is 2. The molecule has 0 aliphatic carbocycles. The summed E-state index contributed by atoms with van der Waals surface area (Å²) in [4.78, 5) is 24.7. The zero-order chi connectivity index (χ0) is 20.8. The number of halogens is 3. The van der Waals surface area contributed by atoms with Crippen LogP contribution in [0.3, 0.4) is 0 Å². The topological polar surface area (TPSA) is 88.7 Å². The minimum absolute atomic E-state index is 0.0389. The van der Waals surface area contributed by atoms with E-state index in [2.05, 4.69) is 10.2 Å². The second-order valence-electron chi connectivity index (χ2n) is 5.51. The van der Waals surface area contributed by atoms with Gasteiger partial charge in [0, 0.05) is 5.69 Å². The number of methoxy groups -OCH3 is 2. The number of hydrazine groups is 1. The summed E-state index contributed by atoms with van der Waals surface area (Å²) >= 11 is 0. The number of para-hydroxylation sites is 2. The average Bonchev–Trinajstić information content (AvgIpc) is 2.70. The molecule has 0 saturated carbocycles. The molecule has 1 atom stereocenters. The molecule has 0 aliphatic heterocycles. The molecule has 0 bridgehead atoms. The van der Waals surface area contributed by atoms with E-state index in [0.29, 0.717) is 0 Å². The van der Waals surface area contributed by atoms with Crippen LogP contribution in [0.15, 0.2) is 54.6 Å². The Morgan fingerprint density at radius 3 is 2.11 bits per heavy atom. The third-order valence-corrected chi connectivity index (χ3v) is 3.74. The zero-order valence-electron chi connectivity index (χ0n) is 15.0. The molecule has 0 saturated heterocycles. The number of hydrogen-bond acceptors (Lipinski definition) is 6. The van der Waals surface area contributed by atoms with Gasteiger partial charge in [-0.15, -0.1) is 0 Å². The molecule has 0 aliphatic rings. The first kappa shape index (κ1) is 21.0. The van der Waals surface area contributed by atoms with Crippen LogP contribution in [0.25, 0.3) is 0 Å². The Morgan fingerprint density at radius 1 is 0.929 bits per heavy atom. The Morgan fingerprint density at radius 2 is 1.54 bits per heavy atom. The molecule has 0 unspecified atom stereocenters. The third kappa shape index (κ3) is 4.34. The summed E-state index contributed by atoms with van der Waals surface area (Å²) in [5.74, 6) is -2.91. The first-order valence-electron chi connectivity index (χ1n) is 7.94. The fourth-order valence-electron chi connectivity index (χ4n) is 2.30. The number of anilines is 1. The van der Waals surface area contributed by atoms with E-state index >= 15 is 0 Å². The summed E-state index contributed by atoms with van der Waals surface area (Å²) in [6.45, 7) is 0. The van der Waals surface area contributed by atoms with Crippen LogP contribution in [0.1, 0.15) is 10.4 Å². The Balaban J connectivity index is 2.41. The number of alkyl halides is 3. The molecule has 0 heterocycles. The molecule has 0 fully saturated rings. The molecular formula is C18H18F3N3O4. The predicted octanol–water partition coefficient (Wildman–Crippen LogP) is 2.47. The number of hydrogen-bond donors (Lipinski definition) is 3. The van der Waals surface area contributed by atoms with E-state index in [-0.39, 0.29) is 17.0 Å². The molecule has 2 aromatic carbocycles. The van der Waals surface area contributed by atoms with Crippen LogP contribution in [-0.2, 0) is 9.53 Å². The minimum atomic E-state index is -5.25. The van der Waals surface area contributed by atoms with E-state index in [1.807, 2.05) is 5.43 Å². The maximum Gasteiger partial charge on any atom is 0.438 e. The van der Waals surface area contributed by atoms with Crippen molar-refractivity contribution < 1.29 is 32.2 Å². The molecule has 1 amide bonds. The van der Waals surface area contributed by atoms with Gasteiger partial charge in [0.1, 0.15) is 5.75 Å². The number of carbonyl (C=O) groups excluding carboxylic acids is 2. The predicted molar refractivity (Wildman–Crippen MR) is 94.5 cm³/mol. The van der Waals surface area contributed by atoms with Crippen LogP contribution >= 0.6 is 0 Å². The van der Waals surface area contributed by atoms with Crippen molar-refractivity contribution in [1.29, 1.82) is 0 Å². The van der Waals surface area contributed by atoms with Crippen LogP contribution in [0.2, 0.25) is 0 Å². The van der Waals surface area contributed by atoms with Gasteiger partial charge in [0.2, 0.25) is 0 Å². The number of rotatable bonds is 7. The summed E-state index contributed by atoms with van der Waals surface area (Å²) in [5, 5.41) is 1.69. The Kier molecular flexibility index (Phi) is 6.47. The molecule has 7 nitrogen and oxygen atoms in total. The quantitative estimate of drug-likeness (QED) is 0.378. The van der Waals surface area contributed by atoms with Gasteiger partial charge in [-0.3, -0.25) is 4.79 Å². The number of nitrogens with one attached hydrogen (secondary N) is 3. The fraction of sp³-hybridized carbons (Fsp3) is 0.222. The van der Waals surface area contributed by atoms with Gasteiger partial charge in [0.25, 0.3) is 5.91 Å². The lowest BCUT2D eigenvalue weighted by Gasteiger charge is -2.34. The molecule has 150 valence electrons. The third-order valence-electron chi connectivity index (χ3n) is 3.74. The molecule has 0 radical (unpaired) electrons. The van der Waals surface area contributed by atoms with Gasteiger partial charge in [0.05, 0.1) is 19.8 Å². The summed E-state index contributed by atoms with van der Waals surface area (Å²) in [6, 6.07) is 13.4. The molecule has 10 heteroatoms. The largest absolute Gasteiger partial charge is 0.496 e. The maximum atomic E-state index is 13.9. The van der Waals surface area contributed by atoms with Gasteiger partial charge in [-0.1, -0.05) is 30.3 Å².